The Hall–Kier alpha value is -2.89. The van der Waals surface area contributed by atoms with E-state index in [1.165, 1.54) is 0 Å². The SMILES string of the molecule is CN(CCOc1ccccc1)C(=O)[C@H]1CC(=O)N(Cc2ccncc2)C1. The second-order valence-electron chi connectivity index (χ2n) is 6.45. The minimum atomic E-state index is -0.286. The second kappa shape index (κ2) is 8.47. The third-order valence-corrected chi connectivity index (χ3v) is 4.50. The van der Waals surface area contributed by atoms with Crippen LogP contribution in [0.5, 0.6) is 5.75 Å². The molecule has 3 rings (SSSR count). The van der Waals surface area contributed by atoms with E-state index in [0.717, 1.165) is 11.3 Å². The van der Waals surface area contributed by atoms with Crippen LogP contribution in [0.1, 0.15) is 12.0 Å². The number of likely N-dealkylation sites (N-methyl/N-ethyl adjacent to an activating group) is 1. The van der Waals surface area contributed by atoms with Crippen LogP contribution in [0.4, 0.5) is 0 Å². The van der Waals surface area contributed by atoms with Crippen molar-refractivity contribution in [2.24, 2.45) is 5.92 Å². The van der Waals surface area contributed by atoms with Crippen LogP contribution < -0.4 is 4.74 Å². The van der Waals surface area contributed by atoms with E-state index < -0.39 is 0 Å². The molecule has 1 aliphatic rings. The number of hydrogen-bond acceptors (Lipinski definition) is 4. The number of rotatable bonds is 7. The first-order valence-corrected chi connectivity index (χ1v) is 8.73. The van der Waals surface area contributed by atoms with E-state index in [1.807, 2.05) is 42.5 Å². The fourth-order valence-electron chi connectivity index (χ4n) is 3.04. The number of hydrogen-bond donors (Lipinski definition) is 0. The number of likely N-dealkylation sites (tertiary alicyclic amines) is 1. The Morgan fingerprint density at radius 2 is 1.96 bits per heavy atom. The third kappa shape index (κ3) is 4.59. The molecular weight excluding hydrogens is 330 g/mol. The van der Waals surface area contributed by atoms with E-state index in [1.54, 1.807) is 29.2 Å². The van der Waals surface area contributed by atoms with Crippen LogP contribution in [-0.2, 0) is 16.1 Å². The van der Waals surface area contributed by atoms with Crippen molar-refractivity contribution < 1.29 is 14.3 Å². The summed E-state index contributed by atoms with van der Waals surface area (Å²) in [6, 6.07) is 13.3. The van der Waals surface area contributed by atoms with Gasteiger partial charge in [-0.15, -0.1) is 0 Å². The van der Waals surface area contributed by atoms with E-state index in [2.05, 4.69) is 4.98 Å². The predicted octanol–water partition coefficient (Wildman–Crippen LogP) is 1.97. The highest BCUT2D eigenvalue weighted by Crippen LogP contribution is 2.21. The topological polar surface area (TPSA) is 62.7 Å². The van der Waals surface area contributed by atoms with Crippen LogP contribution in [0.2, 0.25) is 0 Å². The van der Waals surface area contributed by atoms with Gasteiger partial charge in [-0.2, -0.15) is 0 Å². The maximum absolute atomic E-state index is 12.6. The zero-order valence-corrected chi connectivity index (χ0v) is 14.9. The van der Waals surface area contributed by atoms with E-state index >= 15 is 0 Å². The predicted molar refractivity (Wildman–Crippen MR) is 97.3 cm³/mol. The minimum absolute atomic E-state index is 0.00719. The van der Waals surface area contributed by atoms with Crippen molar-refractivity contribution >= 4 is 11.8 Å². The van der Waals surface area contributed by atoms with Crippen molar-refractivity contribution in [3.8, 4) is 5.75 Å². The first-order valence-electron chi connectivity index (χ1n) is 8.73. The molecule has 0 spiro atoms. The van der Waals surface area contributed by atoms with Crippen molar-refractivity contribution in [1.29, 1.82) is 0 Å². The molecule has 0 N–H and O–H groups in total. The van der Waals surface area contributed by atoms with Gasteiger partial charge in [-0.25, -0.2) is 0 Å². The first kappa shape index (κ1) is 17.9. The molecule has 1 atom stereocenters. The van der Waals surface area contributed by atoms with Crippen LogP contribution in [0.25, 0.3) is 0 Å². The molecule has 1 aromatic heterocycles. The van der Waals surface area contributed by atoms with Gasteiger partial charge >= 0.3 is 0 Å². The Morgan fingerprint density at radius 3 is 2.69 bits per heavy atom. The highest BCUT2D eigenvalue weighted by atomic mass is 16.5. The normalized spacial score (nSPS) is 16.6. The van der Waals surface area contributed by atoms with Crippen molar-refractivity contribution in [2.75, 3.05) is 26.7 Å². The molecule has 0 radical (unpaired) electrons. The summed E-state index contributed by atoms with van der Waals surface area (Å²) in [4.78, 5) is 32.2. The van der Waals surface area contributed by atoms with Crippen LogP contribution in [-0.4, -0.2) is 53.3 Å². The van der Waals surface area contributed by atoms with Crippen LogP contribution >= 0.6 is 0 Å². The molecule has 1 saturated heterocycles. The lowest BCUT2D eigenvalue weighted by molar-refractivity contribution is -0.134. The van der Waals surface area contributed by atoms with Gasteiger partial charge < -0.3 is 14.5 Å². The number of para-hydroxylation sites is 1. The number of pyridine rings is 1. The van der Waals surface area contributed by atoms with Gasteiger partial charge in [0.25, 0.3) is 0 Å². The monoisotopic (exact) mass is 353 g/mol. The highest BCUT2D eigenvalue weighted by Gasteiger charge is 2.35. The number of benzene rings is 1. The summed E-state index contributed by atoms with van der Waals surface area (Å²) in [6.07, 6.45) is 3.69. The smallest absolute Gasteiger partial charge is 0.227 e. The number of carbonyl (C=O) groups is 2. The Balaban J connectivity index is 1.47. The lowest BCUT2D eigenvalue weighted by Crippen LogP contribution is -2.37. The molecule has 1 aromatic carbocycles. The molecule has 6 heteroatoms. The van der Waals surface area contributed by atoms with Gasteiger partial charge in [0.1, 0.15) is 12.4 Å². The number of carbonyl (C=O) groups excluding carboxylic acids is 2. The molecule has 0 unspecified atom stereocenters. The molecule has 0 bridgehead atoms. The second-order valence-corrected chi connectivity index (χ2v) is 6.45. The lowest BCUT2D eigenvalue weighted by atomic mass is 10.1. The molecule has 1 fully saturated rings. The van der Waals surface area contributed by atoms with Crippen LogP contribution in [0, 0.1) is 5.92 Å². The van der Waals surface area contributed by atoms with Crippen LogP contribution in [0.15, 0.2) is 54.9 Å². The Kier molecular flexibility index (Phi) is 5.84. The zero-order chi connectivity index (χ0) is 18.4. The van der Waals surface area contributed by atoms with Crippen molar-refractivity contribution in [2.45, 2.75) is 13.0 Å². The fraction of sp³-hybridized carbons (Fsp3) is 0.350. The van der Waals surface area contributed by atoms with Gasteiger partial charge in [0.15, 0.2) is 0 Å². The van der Waals surface area contributed by atoms with Gasteiger partial charge in [-0.05, 0) is 29.8 Å². The van der Waals surface area contributed by atoms with E-state index in [9.17, 15) is 9.59 Å². The van der Waals surface area contributed by atoms with E-state index in [0.29, 0.717) is 26.2 Å². The molecule has 0 saturated carbocycles. The van der Waals surface area contributed by atoms with Gasteiger partial charge in [-0.1, -0.05) is 18.2 Å². The maximum Gasteiger partial charge on any atom is 0.227 e. The van der Waals surface area contributed by atoms with Gasteiger partial charge in [0.05, 0.1) is 12.5 Å². The molecule has 0 aliphatic carbocycles. The largest absolute Gasteiger partial charge is 0.492 e. The third-order valence-electron chi connectivity index (χ3n) is 4.50. The highest BCUT2D eigenvalue weighted by molar-refractivity contribution is 5.89. The van der Waals surface area contributed by atoms with E-state index in [4.69, 9.17) is 4.74 Å². The number of amides is 2. The van der Waals surface area contributed by atoms with Gasteiger partial charge in [-0.3, -0.25) is 14.6 Å². The molecule has 26 heavy (non-hydrogen) atoms. The Bertz CT molecular complexity index is 736. The molecule has 136 valence electrons. The van der Waals surface area contributed by atoms with Crippen LogP contribution in [0.3, 0.4) is 0 Å². The lowest BCUT2D eigenvalue weighted by Gasteiger charge is -2.21. The van der Waals surface area contributed by atoms with Crippen molar-refractivity contribution in [1.82, 2.24) is 14.8 Å². The summed E-state index contributed by atoms with van der Waals surface area (Å²) in [5.41, 5.74) is 1.02. The molecular formula is C20H23N3O3. The fourth-order valence-corrected chi connectivity index (χ4v) is 3.04. The van der Waals surface area contributed by atoms with E-state index in [-0.39, 0.29) is 24.2 Å². The molecule has 1 aliphatic heterocycles. The number of nitrogens with zero attached hydrogens (tertiary/aromatic N) is 3. The number of aromatic nitrogens is 1. The molecule has 2 heterocycles. The number of ether oxygens (including phenoxy) is 1. The molecule has 2 amide bonds. The average molecular weight is 353 g/mol. The zero-order valence-electron chi connectivity index (χ0n) is 14.9. The van der Waals surface area contributed by atoms with Gasteiger partial charge in [0, 0.05) is 39.0 Å². The summed E-state index contributed by atoms with van der Waals surface area (Å²) in [5, 5.41) is 0. The quantitative estimate of drug-likeness (QED) is 0.763. The summed E-state index contributed by atoms with van der Waals surface area (Å²) in [5.74, 6) is 0.514. The molecule has 6 nitrogen and oxygen atoms in total. The Morgan fingerprint density at radius 1 is 1.23 bits per heavy atom. The minimum Gasteiger partial charge on any atom is -0.492 e. The average Bonchev–Trinajstić information content (AvgIpc) is 3.03. The standard InChI is InChI=1S/C20H23N3O3/c1-22(11-12-26-18-5-3-2-4-6-18)20(25)17-13-19(24)23(15-17)14-16-7-9-21-10-8-16/h2-10,17H,11-15H2,1H3/t17-/m0/s1. The maximum atomic E-state index is 12.6. The first-order chi connectivity index (χ1) is 12.6. The summed E-state index contributed by atoms with van der Waals surface area (Å²) in [6.45, 7) is 1.90. The summed E-state index contributed by atoms with van der Waals surface area (Å²) >= 11 is 0. The summed E-state index contributed by atoms with van der Waals surface area (Å²) < 4.78 is 5.63. The van der Waals surface area contributed by atoms with Gasteiger partial charge in [0.2, 0.25) is 11.8 Å². The molecule has 2 aromatic rings. The van der Waals surface area contributed by atoms with Crippen molar-refractivity contribution in [3.05, 3.63) is 60.4 Å². The van der Waals surface area contributed by atoms with Crippen molar-refractivity contribution in [3.63, 3.8) is 0 Å². The Labute approximate surface area is 153 Å². The summed E-state index contributed by atoms with van der Waals surface area (Å²) in [7, 11) is 1.76.